The molecule has 0 saturated carbocycles. The molecule has 0 spiro atoms. The molecule has 0 bridgehead atoms. The first-order valence-electron chi connectivity index (χ1n) is 5.58. The highest BCUT2D eigenvalue weighted by Crippen LogP contribution is 2.20. The van der Waals surface area contributed by atoms with E-state index in [0.29, 0.717) is 17.3 Å². The monoisotopic (exact) mass is 273 g/mol. The Hall–Kier alpha value is -1.56. The van der Waals surface area contributed by atoms with Gasteiger partial charge in [0.2, 0.25) is 0 Å². The minimum atomic E-state index is -0.940. The van der Waals surface area contributed by atoms with E-state index in [4.69, 9.17) is 16.7 Å². The normalized spacial score (nSPS) is 10.4. The average molecular weight is 274 g/mol. The van der Waals surface area contributed by atoms with Gasteiger partial charge in [-0.3, -0.25) is 14.3 Å². The van der Waals surface area contributed by atoms with Gasteiger partial charge in [0.1, 0.15) is 0 Å². The summed E-state index contributed by atoms with van der Waals surface area (Å²) in [5.74, 6) is -1.28. The first kappa shape index (κ1) is 14.5. The van der Waals surface area contributed by atoms with Crippen LogP contribution in [0.2, 0.25) is 5.02 Å². The van der Waals surface area contributed by atoms with Gasteiger partial charge in [0.25, 0.3) is 5.91 Å². The molecule has 0 unspecified atom stereocenters. The molecule has 0 aliphatic carbocycles. The van der Waals surface area contributed by atoms with Crippen molar-refractivity contribution in [3.05, 3.63) is 16.4 Å². The molecule has 0 aliphatic heterocycles. The molecule has 100 valence electrons. The first-order valence-corrected chi connectivity index (χ1v) is 5.96. The van der Waals surface area contributed by atoms with Crippen molar-refractivity contribution in [2.75, 3.05) is 13.1 Å². The van der Waals surface area contributed by atoms with Crippen molar-refractivity contribution in [2.24, 2.45) is 7.05 Å². The van der Waals surface area contributed by atoms with Gasteiger partial charge in [-0.15, -0.1) is 0 Å². The third kappa shape index (κ3) is 3.01. The molecule has 1 aromatic heterocycles. The number of amides is 1. The smallest absolute Gasteiger partial charge is 0.305 e. The van der Waals surface area contributed by atoms with Crippen LogP contribution in [0.3, 0.4) is 0 Å². The number of rotatable bonds is 5. The van der Waals surface area contributed by atoms with Gasteiger partial charge in [-0.25, -0.2) is 0 Å². The highest BCUT2D eigenvalue weighted by molar-refractivity contribution is 6.34. The molecule has 1 N–H and O–H groups in total. The Morgan fingerprint density at radius 1 is 1.50 bits per heavy atom. The van der Waals surface area contributed by atoms with Crippen LogP contribution >= 0.6 is 11.6 Å². The van der Waals surface area contributed by atoms with Crippen LogP contribution in [0.1, 0.15) is 29.5 Å². The number of hydrogen-bond donors (Lipinski definition) is 1. The Kier molecular flexibility index (Phi) is 4.72. The lowest BCUT2D eigenvalue weighted by Gasteiger charge is -2.18. The largest absolute Gasteiger partial charge is 0.481 e. The topological polar surface area (TPSA) is 75.4 Å². The van der Waals surface area contributed by atoms with Crippen LogP contribution < -0.4 is 0 Å². The van der Waals surface area contributed by atoms with Gasteiger partial charge < -0.3 is 10.0 Å². The summed E-state index contributed by atoms with van der Waals surface area (Å²) in [6, 6.07) is 0. The van der Waals surface area contributed by atoms with Gasteiger partial charge in [0.15, 0.2) is 5.69 Å². The number of carbonyl (C=O) groups excluding carboxylic acids is 1. The molecular weight excluding hydrogens is 258 g/mol. The van der Waals surface area contributed by atoms with Crippen molar-refractivity contribution < 1.29 is 14.7 Å². The maximum Gasteiger partial charge on any atom is 0.305 e. The number of nitrogens with zero attached hydrogens (tertiary/aromatic N) is 3. The van der Waals surface area contributed by atoms with Gasteiger partial charge in [0, 0.05) is 20.1 Å². The summed E-state index contributed by atoms with van der Waals surface area (Å²) in [5, 5.41) is 13.0. The average Bonchev–Trinajstić information content (AvgIpc) is 2.57. The van der Waals surface area contributed by atoms with Gasteiger partial charge in [0.05, 0.1) is 17.1 Å². The summed E-state index contributed by atoms with van der Waals surface area (Å²) in [5.41, 5.74) is 0.873. The maximum absolute atomic E-state index is 12.1. The van der Waals surface area contributed by atoms with E-state index in [1.165, 1.54) is 9.58 Å². The van der Waals surface area contributed by atoms with Crippen molar-refractivity contribution in [2.45, 2.75) is 20.3 Å². The Labute approximate surface area is 110 Å². The zero-order chi connectivity index (χ0) is 13.9. The Morgan fingerprint density at radius 3 is 2.50 bits per heavy atom. The third-order valence-corrected chi connectivity index (χ3v) is 3.18. The second-order valence-electron chi connectivity index (χ2n) is 3.90. The summed E-state index contributed by atoms with van der Waals surface area (Å²) >= 11 is 6.03. The fraction of sp³-hybridized carbons (Fsp3) is 0.545. The summed E-state index contributed by atoms with van der Waals surface area (Å²) in [6.07, 6.45) is -0.0942. The maximum atomic E-state index is 12.1. The number of carbonyl (C=O) groups is 2. The molecule has 1 aromatic rings. The van der Waals surface area contributed by atoms with E-state index < -0.39 is 5.97 Å². The second-order valence-corrected chi connectivity index (χ2v) is 4.28. The zero-order valence-electron chi connectivity index (χ0n) is 10.6. The third-order valence-electron chi connectivity index (χ3n) is 2.73. The number of aromatic nitrogens is 2. The lowest BCUT2D eigenvalue weighted by atomic mass is 10.3. The van der Waals surface area contributed by atoms with Crippen molar-refractivity contribution in [3.8, 4) is 0 Å². The number of halogens is 1. The molecule has 0 atom stereocenters. The van der Waals surface area contributed by atoms with E-state index >= 15 is 0 Å². The van der Waals surface area contributed by atoms with E-state index in [0.717, 1.165) is 0 Å². The molecule has 0 aromatic carbocycles. The van der Waals surface area contributed by atoms with Crippen molar-refractivity contribution in [3.63, 3.8) is 0 Å². The zero-order valence-corrected chi connectivity index (χ0v) is 11.4. The molecule has 0 aliphatic rings. The lowest BCUT2D eigenvalue weighted by Crippen LogP contribution is -2.33. The minimum absolute atomic E-state index is 0.0942. The quantitative estimate of drug-likeness (QED) is 0.878. The van der Waals surface area contributed by atoms with Crippen LogP contribution in [0.15, 0.2) is 0 Å². The van der Waals surface area contributed by atoms with Crippen LogP contribution in [0.25, 0.3) is 0 Å². The standard InChI is InChI=1S/C11H16ClN3O3/c1-4-15(6-5-8(16)17)11(18)10-9(12)7(2)14(3)13-10/h4-6H2,1-3H3,(H,16,17). The molecule has 1 amide bonds. The molecular formula is C11H16ClN3O3. The van der Waals surface area contributed by atoms with E-state index in [2.05, 4.69) is 5.10 Å². The van der Waals surface area contributed by atoms with Crippen LogP contribution in [-0.4, -0.2) is 44.8 Å². The molecule has 1 rings (SSSR count). The predicted octanol–water partition coefficient (Wildman–Crippen LogP) is 1.32. The Balaban J connectivity index is 2.89. The summed E-state index contributed by atoms with van der Waals surface area (Å²) < 4.78 is 1.53. The van der Waals surface area contributed by atoms with Gasteiger partial charge >= 0.3 is 5.97 Å². The van der Waals surface area contributed by atoms with Crippen molar-refractivity contribution >= 4 is 23.5 Å². The van der Waals surface area contributed by atoms with Crippen LogP contribution in [0.5, 0.6) is 0 Å². The molecule has 0 radical (unpaired) electrons. The van der Waals surface area contributed by atoms with Crippen molar-refractivity contribution in [1.29, 1.82) is 0 Å². The molecule has 0 fully saturated rings. The molecule has 0 saturated heterocycles. The summed E-state index contributed by atoms with van der Waals surface area (Å²) in [4.78, 5) is 24.1. The number of aryl methyl sites for hydroxylation is 1. The summed E-state index contributed by atoms with van der Waals surface area (Å²) in [7, 11) is 1.70. The minimum Gasteiger partial charge on any atom is -0.481 e. The van der Waals surface area contributed by atoms with E-state index in [1.54, 1.807) is 20.9 Å². The fourth-order valence-corrected chi connectivity index (χ4v) is 1.74. The van der Waals surface area contributed by atoms with Gasteiger partial charge in [-0.1, -0.05) is 11.6 Å². The molecule has 6 nitrogen and oxygen atoms in total. The molecule has 18 heavy (non-hydrogen) atoms. The van der Waals surface area contributed by atoms with E-state index in [9.17, 15) is 9.59 Å². The number of carboxylic acid groups (broad SMARTS) is 1. The number of hydrogen-bond acceptors (Lipinski definition) is 3. The van der Waals surface area contributed by atoms with Crippen LogP contribution in [0, 0.1) is 6.92 Å². The second kappa shape index (κ2) is 5.86. The SMILES string of the molecule is CCN(CCC(=O)O)C(=O)c1nn(C)c(C)c1Cl. The van der Waals surface area contributed by atoms with Gasteiger partial charge in [-0.2, -0.15) is 5.10 Å². The van der Waals surface area contributed by atoms with Crippen LogP contribution in [-0.2, 0) is 11.8 Å². The van der Waals surface area contributed by atoms with E-state index in [-0.39, 0.29) is 24.6 Å². The van der Waals surface area contributed by atoms with E-state index in [1.807, 2.05) is 0 Å². The Bertz CT molecular complexity index is 470. The van der Waals surface area contributed by atoms with Crippen molar-refractivity contribution in [1.82, 2.24) is 14.7 Å². The summed E-state index contributed by atoms with van der Waals surface area (Å²) in [6.45, 7) is 4.11. The highest BCUT2D eigenvalue weighted by Gasteiger charge is 2.23. The van der Waals surface area contributed by atoms with Crippen LogP contribution in [0.4, 0.5) is 0 Å². The predicted molar refractivity (Wildman–Crippen MR) is 66.8 cm³/mol. The number of carboxylic acids is 1. The molecule has 1 heterocycles. The Morgan fingerprint density at radius 2 is 2.11 bits per heavy atom. The van der Waals surface area contributed by atoms with Gasteiger partial charge in [-0.05, 0) is 13.8 Å². The highest BCUT2D eigenvalue weighted by atomic mass is 35.5. The first-order chi connectivity index (χ1) is 8.38. The number of aliphatic carboxylic acids is 1. The fourth-order valence-electron chi connectivity index (χ4n) is 1.50. The lowest BCUT2D eigenvalue weighted by molar-refractivity contribution is -0.137. The molecule has 7 heteroatoms.